The first kappa shape index (κ1) is 21.7. The van der Waals surface area contributed by atoms with Crippen LogP contribution in [0.25, 0.3) is 33.1 Å². The maximum absolute atomic E-state index is 12.7. The lowest BCUT2D eigenvalue weighted by atomic mass is 10.0. The molecule has 0 fully saturated rings. The van der Waals surface area contributed by atoms with Crippen molar-refractivity contribution in [3.05, 3.63) is 65.9 Å². The quantitative estimate of drug-likeness (QED) is 0.350. The van der Waals surface area contributed by atoms with Crippen LogP contribution in [0.15, 0.2) is 54.6 Å². The van der Waals surface area contributed by atoms with Crippen LogP contribution in [-0.2, 0) is 6.54 Å². The van der Waals surface area contributed by atoms with E-state index in [0.717, 1.165) is 50.5 Å². The van der Waals surface area contributed by atoms with Gasteiger partial charge in [-0.05, 0) is 41.5 Å². The number of aromatic nitrogens is 3. The first-order valence-corrected chi connectivity index (χ1v) is 11.1. The van der Waals surface area contributed by atoms with E-state index in [-0.39, 0.29) is 5.69 Å². The molecule has 0 atom stereocenters. The number of fused-ring (bicyclic) bond motifs is 2. The Morgan fingerprint density at radius 1 is 0.912 bits per heavy atom. The van der Waals surface area contributed by atoms with E-state index in [1.165, 1.54) is 0 Å². The molecule has 0 aliphatic carbocycles. The molecule has 0 bridgehead atoms. The molecule has 34 heavy (non-hydrogen) atoms. The van der Waals surface area contributed by atoms with Crippen LogP contribution in [0, 0.1) is 0 Å². The molecule has 0 spiro atoms. The SMILES string of the molecule is COc1ccc(Cn2c(C(=O)O)c(-c3ccc4nsnc4c3)c3cc(OC)c(OC)cc32)cc1. The molecule has 8 nitrogen and oxygen atoms in total. The number of carboxylic acid groups (broad SMARTS) is 1. The van der Waals surface area contributed by atoms with Crippen molar-refractivity contribution in [2.24, 2.45) is 0 Å². The van der Waals surface area contributed by atoms with Gasteiger partial charge in [0, 0.05) is 23.6 Å². The fraction of sp³-hybridized carbons (Fsp3) is 0.160. The fourth-order valence-electron chi connectivity index (χ4n) is 4.20. The van der Waals surface area contributed by atoms with E-state index >= 15 is 0 Å². The minimum Gasteiger partial charge on any atom is -0.497 e. The Bertz CT molecular complexity index is 1520. The van der Waals surface area contributed by atoms with Crippen LogP contribution in [0.4, 0.5) is 0 Å². The van der Waals surface area contributed by atoms with Crippen molar-refractivity contribution in [3.8, 4) is 28.4 Å². The topological polar surface area (TPSA) is 95.7 Å². The van der Waals surface area contributed by atoms with Crippen molar-refractivity contribution in [1.82, 2.24) is 13.3 Å². The van der Waals surface area contributed by atoms with E-state index in [4.69, 9.17) is 14.2 Å². The maximum atomic E-state index is 12.7. The third-order valence-electron chi connectivity index (χ3n) is 5.81. The second-order valence-corrected chi connectivity index (χ2v) is 8.18. The standard InChI is InChI=1S/C25H21N3O5S/c1-31-16-7-4-14(5-8-16)13-28-20-12-22(33-3)21(32-2)11-17(20)23(24(28)25(29)30)15-6-9-18-19(10-15)27-34-26-18/h4-12H,13H2,1-3H3,(H,29,30). The summed E-state index contributed by atoms with van der Waals surface area (Å²) < 4.78 is 26.7. The number of carboxylic acids is 1. The minimum atomic E-state index is -1.03. The fourth-order valence-corrected chi connectivity index (χ4v) is 4.72. The monoisotopic (exact) mass is 475 g/mol. The summed E-state index contributed by atoms with van der Waals surface area (Å²) in [5.41, 5.74) is 4.64. The van der Waals surface area contributed by atoms with E-state index in [9.17, 15) is 9.90 Å². The molecule has 9 heteroatoms. The zero-order valence-corrected chi connectivity index (χ0v) is 19.5. The number of carbonyl (C=O) groups is 1. The third-order valence-corrected chi connectivity index (χ3v) is 6.37. The Morgan fingerprint density at radius 3 is 2.29 bits per heavy atom. The highest BCUT2D eigenvalue weighted by molar-refractivity contribution is 7.00. The van der Waals surface area contributed by atoms with E-state index < -0.39 is 5.97 Å². The van der Waals surface area contributed by atoms with E-state index in [0.29, 0.717) is 23.6 Å². The molecule has 0 saturated heterocycles. The zero-order valence-electron chi connectivity index (χ0n) is 18.7. The van der Waals surface area contributed by atoms with Gasteiger partial charge < -0.3 is 23.9 Å². The first-order valence-electron chi connectivity index (χ1n) is 10.4. The lowest BCUT2D eigenvalue weighted by Crippen LogP contribution is -2.10. The number of hydrogen-bond donors (Lipinski definition) is 1. The Morgan fingerprint density at radius 2 is 1.62 bits per heavy atom. The van der Waals surface area contributed by atoms with Crippen LogP contribution < -0.4 is 14.2 Å². The van der Waals surface area contributed by atoms with Crippen LogP contribution in [0.5, 0.6) is 17.2 Å². The second kappa shape index (κ2) is 8.68. The van der Waals surface area contributed by atoms with Gasteiger partial charge in [0.1, 0.15) is 22.5 Å². The van der Waals surface area contributed by atoms with E-state index in [2.05, 4.69) is 8.75 Å². The van der Waals surface area contributed by atoms with E-state index in [1.54, 1.807) is 25.9 Å². The zero-order chi connectivity index (χ0) is 23.8. The van der Waals surface area contributed by atoms with Gasteiger partial charge in [0.25, 0.3) is 0 Å². The summed E-state index contributed by atoms with van der Waals surface area (Å²) in [7, 11) is 4.73. The molecule has 0 radical (unpaired) electrons. The van der Waals surface area contributed by atoms with Gasteiger partial charge in [-0.1, -0.05) is 18.2 Å². The number of benzene rings is 3. The average molecular weight is 476 g/mol. The predicted molar refractivity (Wildman–Crippen MR) is 131 cm³/mol. The van der Waals surface area contributed by atoms with Crippen molar-refractivity contribution in [3.63, 3.8) is 0 Å². The minimum absolute atomic E-state index is 0.170. The van der Waals surface area contributed by atoms with Crippen molar-refractivity contribution in [2.45, 2.75) is 6.54 Å². The van der Waals surface area contributed by atoms with E-state index in [1.807, 2.05) is 54.6 Å². The molecule has 2 heterocycles. The summed E-state index contributed by atoms with van der Waals surface area (Å²) in [4.78, 5) is 12.7. The molecule has 5 aromatic rings. The Kier molecular flexibility index (Phi) is 5.54. The highest BCUT2D eigenvalue weighted by Crippen LogP contribution is 2.42. The van der Waals surface area contributed by atoms with Gasteiger partial charge in [0.05, 0.1) is 38.6 Å². The van der Waals surface area contributed by atoms with Crippen LogP contribution in [0.3, 0.4) is 0 Å². The molecule has 0 aliphatic rings. The summed E-state index contributed by atoms with van der Waals surface area (Å²) in [6.45, 7) is 0.345. The second-order valence-electron chi connectivity index (χ2n) is 7.66. The smallest absolute Gasteiger partial charge is 0.353 e. The summed E-state index contributed by atoms with van der Waals surface area (Å²) in [6, 6.07) is 16.8. The molecule has 2 aromatic heterocycles. The van der Waals surface area contributed by atoms with Gasteiger partial charge in [0.15, 0.2) is 11.5 Å². The highest BCUT2D eigenvalue weighted by atomic mass is 32.1. The van der Waals surface area contributed by atoms with Crippen molar-refractivity contribution in [2.75, 3.05) is 21.3 Å². The van der Waals surface area contributed by atoms with Crippen LogP contribution >= 0.6 is 11.7 Å². The molecule has 3 aromatic carbocycles. The molecule has 0 unspecified atom stereocenters. The molecule has 0 aliphatic heterocycles. The van der Waals surface area contributed by atoms with Gasteiger partial charge >= 0.3 is 5.97 Å². The van der Waals surface area contributed by atoms with Crippen molar-refractivity contribution < 1.29 is 24.1 Å². The summed E-state index contributed by atoms with van der Waals surface area (Å²) in [5.74, 6) is 0.739. The van der Waals surface area contributed by atoms with Gasteiger partial charge in [-0.2, -0.15) is 8.75 Å². The number of methoxy groups -OCH3 is 3. The van der Waals surface area contributed by atoms with Gasteiger partial charge in [-0.25, -0.2) is 4.79 Å². The molecular weight excluding hydrogens is 454 g/mol. The summed E-state index contributed by atoms with van der Waals surface area (Å²) in [5, 5.41) is 11.1. The maximum Gasteiger partial charge on any atom is 0.353 e. The highest BCUT2D eigenvalue weighted by Gasteiger charge is 2.26. The lowest BCUT2D eigenvalue weighted by Gasteiger charge is -2.12. The molecule has 5 rings (SSSR count). The molecule has 1 N–H and O–H groups in total. The van der Waals surface area contributed by atoms with Crippen molar-refractivity contribution >= 4 is 39.6 Å². The Labute approximate surface area is 199 Å². The molecule has 172 valence electrons. The van der Waals surface area contributed by atoms with Crippen LogP contribution in [-0.4, -0.2) is 45.7 Å². The van der Waals surface area contributed by atoms with Gasteiger partial charge in [0.2, 0.25) is 0 Å². The number of ether oxygens (including phenoxy) is 3. The number of aromatic carboxylic acids is 1. The van der Waals surface area contributed by atoms with Gasteiger partial charge in [-0.3, -0.25) is 0 Å². The Hall–Kier alpha value is -4.11. The predicted octanol–water partition coefficient (Wildman–Crippen LogP) is 5.09. The summed E-state index contributed by atoms with van der Waals surface area (Å²) in [6.07, 6.45) is 0. The average Bonchev–Trinajstić information content (AvgIpc) is 3.45. The van der Waals surface area contributed by atoms with Crippen LogP contribution in [0.2, 0.25) is 0 Å². The Balaban J connectivity index is 1.81. The molecule has 0 saturated carbocycles. The summed E-state index contributed by atoms with van der Waals surface area (Å²) >= 11 is 1.12. The third kappa shape index (κ3) is 3.60. The largest absolute Gasteiger partial charge is 0.497 e. The van der Waals surface area contributed by atoms with Crippen molar-refractivity contribution in [1.29, 1.82) is 0 Å². The van der Waals surface area contributed by atoms with Crippen LogP contribution in [0.1, 0.15) is 16.1 Å². The molecular formula is C25H21N3O5S. The first-order chi connectivity index (χ1) is 16.5. The van der Waals surface area contributed by atoms with Gasteiger partial charge in [-0.15, -0.1) is 0 Å². The lowest BCUT2D eigenvalue weighted by molar-refractivity contribution is 0.0687. The normalized spacial score (nSPS) is 11.1. The number of hydrogen-bond acceptors (Lipinski definition) is 7. The number of rotatable bonds is 7. The number of nitrogens with zero attached hydrogens (tertiary/aromatic N) is 3. The molecule has 0 amide bonds.